The van der Waals surface area contributed by atoms with Crippen molar-refractivity contribution in [2.45, 2.75) is 18.9 Å². The molecule has 0 bridgehead atoms. The number of ether oxygens (including phenoxy) is 1. The summed E-state index contributed by atoms with van der Waals surface area (Å²) < 4.78 is 5.67. The molecule has 0 amide bonds. The molecule has 4 nitrogen and oxygen atoms in total. The van der Waals surface area contributed by atoms with Crippen LogP contribution in [0.1, 0.15) is 30.0 Å². The molecular weight excluding hydrogens is 410 g/mol. The molecule has 160 valence electrons. The molecule has 0 radical (unpaired) electrons. The molecule has 1 aliphatic rings. The Bertz CT molecular complexity index is 1030. The molecule has 1 saturated heterocycles. The Morgan fingerprint density at radius 1 is 1.00 bits per heavy atom. The molecule has 0 saturated carbocycles. The molecule has 5 heteroatoms. The molecule has 1 unspecified atom stereocenters. The Morgan fingerprint density at radius 3 is 2.26 bits per heavy atom. The van der Waals surface area contributed by atoms with E-state index in [1.807, 2.05) is 36.4 Å². The van der Waals surface area contributed by atoms with Crippen molar-refractivity contribution in [2.75, 3.05) is 20.2 Å². The highest BCUT2D eigenvalue weighted by molar-refractivity contribution is 6.30. The van der Waals surface area contributed by atoms with Crippen LogP contribution in [-0.4, -0.2) is 36.2 Å². The number of halogens is 1. The first-order chi connectivity index (χ1) is 15.1. The van der Waals surface area contributed by atoms with E-state index in [0.717, 1.165) is 22.4 Å². The second-order valence-electron chi connectivity index (χ2n) is 7.93. The van der Waals surface area contributed by atoms with Gasteiger partial charge in [-0.1, -0.05) is 66.2 Å². The van der Waals surface area contributed by atoms with E-state index >= 15 is 0 Å². The number of hydrogen-bond acceptors (Lipinski definition) is 3. The third-order valence-electron chi connectivity index (χ3n) is 6.06. The number of benzene rings is 3. The van der Waals surface area contributed by atoms with Gasteiger partial charge in [-0.25, -0.2) is 0 Å². The Morgan fingerprint density at radius 2 is 1.65 bits per heavy atom. The highest BCUT2D eigenvalue weighted by Gasteiger charge is 2.31. The number of hydrogen-bond donors (Lipinski definition) is 1. The molecular formula is C26H26ClNO3. The summed E-state index contributed by atoms with van der Waals surface area (Å²) in [6.45, 7) is 1.41. The zero-order valence-corrected chi connectivity index (χ0v) is 18.3. The lowest BCUT2D eigenvalue weighted by Gasteiger charge is -2.37. The van der Waals surface area contributed by atoms with E-state index in [9.17, 15) is 9.90 Å². The minimum Gasteiger partial charge on any atom is -0.496 e. The number of carboxylic acid groups (broad SMARTS) is 1. The van der Waals surface area contributed by atoms with Crippen molar-refractivity contribution in [3.05, 3.63) is 88.9 Å². The monoisotopic (exact) mass is 435 g/mol. The van der Waals surface area contributed by atoms with Crippen LogP contribution < -0.4 is 4.74 Å². The summed E-state index contributed by atoms with van der Waals surface area (Å²) >= 11 is 6.36. The van der Waals surface area contributed by atoms with Gasteiger partial charge in [0.05, 0.1) is 19.1 Å². The van der Waals surface area contributed by atoms with Gasteiger partial charge in [0.1, 0.15) is 5.75 Å². The number of likely N-dealkylation sites (tertiary alicyclic amines) is 1. The second-order valence-corrected chi connectivity index (χ2v) is 8.36. The van der Waals surface area contributed by atoms with Crippen LogP contribution in [0.3, 0.4) is 0 Å². The number of piperidine rings is 1. The number of carboxylic acids is 1. The third-order valence-corrected chi connectivity index (χ3v) is 6.30. The van der Waals surface area contributed by atoms with Crippen LogP contribution in [-0.2, 0) is 4.79 Å². The lowest BCUT2D eigenvalue weighted by atomic mass is 9.90. The van der Waals surface area contributed by atoms with Crippen molar-refractivity contribution >= 4 is 17.6 Å². The molecule has 1 N–H and O–H groups in total. The zero-order valence-electron chi connectivity index (χ0n) is 17.5. The maximum atomic E-state index is 11.4. The largest absolute Gasteiger partial charge is 0.496 e. The lowest BCUT2D eigenvalue weighted by Crippen LogP contribution is -2.39. The number of carbonyl (C=O) groups is 1. The SMILES string of the molecule is COc1ccc(Cl)cc1C(c1ccc(-c2ccccc2)cc1)N1CCC(C(=O)O)CC1. The van der Waals surface area contributed by atoms with E-state index < -0.39 is 5.97 Å². The summed E-state index contributed by atoms with van der Waals surface area (Å²) in [6.07, 6.45) is 1.27. The first kappa shape index (κ1) is 21.4. The highest BCUT2D eigenvalue weighted by Crippen LogP contribution is 2.39. The van der Waals surface area contributed by atoms with Gasteiger partial charge in [-0.3, -0.25) is 9.69 Å². The molecule has 0 aromatic heterocycles. The smallest absolute Gasteiger partial charge is 0.306 e. The van der Waals surface area contributed by atoms with Crippen molar-refractivity contribution in [3.63, 3.8) is 0 Å². The van der Waals surface area contributed by atoms with Crippen LogP contribution in [0.5, 0.6) is 5.75 Å². The van der Waals surface area contributed by atoms with Crippen LogP contribution in [0.15, 0.2) is 72.8 Å². The number of aliphatic carboxylic acids is 1. The summed E-state index contributed by atoms with van der Waals surface area (Å²) in [4.78, 5) is 13.8. The van der Waals surface area contributed by atoms with E-state index in [-0.39, 0.29) is 12.0 Å². The van der Waals surface area contributed by atoms with Gasteiger partial charge in [0.15, 0.2) is 0 Å². The second kappa shape index (κ2) is 9.54. The van der Waals surface area contributed by atoms with E-state index in [1.165, 1.54) is 5.56 Å². The van der Waals surface area contributed by atoms with Gasteiger partial charge in [0.25, 0.3) is 0 Å². The van der Waals surface area contributed by atoms with Crippen LogP contribution in [0.2, 0.25) is 5.02 Å². The quantitative estimate of drug-likeness (QED) is 0.523. The zero-order chi connectivity index (χ0) is 21.8. The maximum absolute atomic E-state index is 11.4. The van der Waals surface area contributed by atoms with Crippen molar-refractivity contribution in [1.29, 1.82) is 0 Å². The van der Waals surface area contributed by atoms with Gasteiger partial charge in [-0.05, 0) is 60.8 Å². The van der Waals surface area contributed by atoms with Crippen molar-refractivity contribution < 1.29 is 14.6 Å². The number of methoxy groups -OCH3 is 1. The van der Waals surface area contributed by atoms with Crippen molar-refractivity contribution in [1.82, 2.24) is 4.90 Å². The van der Waals surface area contributed by atoms with Gasteiger partial charge in [-0.2, -0.15) is 0 Å². The summed E-state index contributed by atoms with van der Waals surface area (Å²) in [5.74, 6) is -0.204. The fourth-order valence-electron chi connectivity index (χ4n) is 4.40. The first-order valence-electron chi connectivity index (χ1n) is 10.5. The fourth-order valence-corrected chi connectivity index (χ4v) is 4.58. The Kier molecular flexibility index (Phi) is 6.59. The van der Waals surface area contributed by atoms with Gasteiger partial charge < -0.3 is 9.84 Å². The first-order valence-corrected chi connectivity index (χ1v) is 10.9. The molecule has 1 heterocycles. The fraction of sp³-hybridized carbons (Fsp3) is 0.269. The summed E-state index contributed by atoms with van der Waals surface area (Å²) in [5, 5.41) is 10.1. The molecule has 1 fully saturated rings. The van der Waals surface area contributed by atoms with E-state index in [0.29, 0.717) is 31.0 Å². The predicted molar refractivity (Wildman–Crippen MR) is 124 cm³/mol. The highest BCUT2D eigenvalue weighted by atomic mass is 35.5. The average molecular weight is 436 g/mol. The molecule has 3 aromatic rings. The summed E-state index contributed by atoms with van der Waals surface area (Å²) in [7, 11) is 1.67. The molecule has 3 aromatic carbocycles. The lowest BCUT2D eigenvalue weighted by molar-refractivity contribution is -0.143. The molecule has 0 aliphatic carbocycles. The van der Waals surface area contributed by atoms with Crippen LogP contribution in [0.25, 0.3) is 11.1 Å². The van der Waals surface area contributed by atoms with Crippen molar-refractivity contribution in [3.8, 4) is 16.9 Å². The Balaban J connectivity index is 1.71. The molecule has 1 aliphatic heterocycles. The van der Waals surface area contributed by atoms with Gasteiger partial charge in [-0.15, -0.1) is 0 Å². The van der Waals surface area contributed by atoms with Gasteiger partial charge in [0, 0.05) is 10.6 Å². The summed E-state index contributed by atoms with van der Waals surface area (Å²) in [6, 6.07) is 24.5. The Hall–Kier alpha value is -2.82. The van der Waals surface area contributed by atoms with E-state index in [2.05, 4.69) is 41.3 Å². The minimum absolute atomic E-state index is 0.0618. The van der Waals surface area contributed by atoms with E-state index in [4.69, 9.17) is 16.3 Å². The molecule has 1 atom stereocenters. The third kappa shape index (κ3) is 4.76. The standard InChI is InChI=1S/C26H26ClNO3/c1-31-24-12-11-22(27)17-23(24)25(28-15-13-21(14-16-28)26(29)30)20-9-7-19(8-10-20)18-5-3-2-4-6-18/h2-12,17,21,25H,13-16H2,1H3,(H,29,30). The van der Waals surface area contributed by atoms with Crippen LogP contribution >= 0.6 is 11.6 Å². The van der Waals surface area contributed by atoms with Gasteiger partial charge >= 0.3 is 5.97 Å². The maximum Gasteiger partial charge on any atom is 0.306 e. The normalized spacial score (nSPS) is 16.1. The van der Waals surface area contributed by atoms with E-state index in [1.54, 1.807) is 7.11 Å². The average Bonchev–Trinajstić information content (AvgIpc) is 2.81. The molecule has 31 heavy (non-hydrogen) atoms. The van der Waals surface area contributed by atoms with Crippen molar-refractivity contribution in [2.24, 2.45) is 5.92 Å². The van der Waals surface area contributed by atoms with Gasteiger partial charge in [0.2, 0.25) is 0 Å². The number of rotatable bonds is 6. The summed E-state index contributed by atoms with van der Waals surface area (Å²) in [5.41, 5.74) is 4.46. The number of nitrogens with zero attached hydrogens (tertiary/aromatic N) is 1. The topological polar surface area (TPSA) is 49.8 Å². The Labute approximate surface area is 188 Å². The minimum atomic E-state index is -0.705. The molecule has 0 spiro atoms. The predicted octanol–water partition coefficient (Wildman–Crippen LogP) is 5.90. The van der Waals surface area contributed by atoms with Crippen LogP contribution in [0, 0.1) is 5.92 Å². The molecule has 4 rings (SSSR count). The van der Waals surface area contributed by atoms with Crippen LogP contribution in [0.4, 0.5) is 0 Å².